The van der Waals surface area contributed by atoms with Crippen LogP contribution in [0.25, 0.3) is 0 Å². The van der Waals surface area contributed by atoms with Crippen molar-refractivity contribution in [2.75, 3.05) is 31.1 Å². The van der Waals surface area contributed by atoms with E-state index in [1.807, 2.05) is 4.90 Å². The third-order valence-electron chi connectivity index (χ3n) is 3.23. The van der Waals surface area contributed by atoms with Crippen molar-refractivity contribution in [2.24, 2.45) is 0 Å². The Hall–Kier alpha value is -1.03. The van der Waals surface area contributed by atoms with E-state index in [4.69, 9.17) is 0 Å². The number of halogens is 1. The van der Waals surface area contributed by atoms with Crippen molar-refractivity contribution < 1.29 is 8.42 Å². The summed E-state index contributed by atoms with van der Waals surface area (Å²) in [5.41, 5.74) is 0. The van der Waals surface area contributed by atoms with Gasteiger partial charge in [0.15, 0.2) is 0 Å². The third kappa shape index (κ3) is 2.96. The monoisotopic (exact) mass is 388 g/mol. The molecule has 0 N–H and O–H groups in total. The van der Waals surface area contributed by atoms with Crippen molar-refractivity contribution in [2.45, 2.75) is 4.21 Å². The summed E-state index contributed by atoms with van der Waals surface area (Å²) < 4.78 is 27.6. The molecule has 0 unspecified atom stereocenters. The van der Waals surface area contributed by atoms with E-state index in [2.05, 4.69) is 25.9 Å². The predicted molar refractivity (Wildman–Crippen MR) is 85.0 cm³/mol. The predicted octanol–water partition coefficient (Wildman–Crippen LogP) is 1.81. The lowest BCUT2D eigenvalue weighted by molar-refractivity contribution is 0.383. The van der Waals surface area contributed by atoms with Crippen LogP contribution in [0.15, 0.2) is 38.6 Å². The third-order valence-corrected chi connectivity index (χ3v) is 7.78. The standard InChI is InChI=1S/C12H13BrN4O2S2/c13-10-2-9-20-11(10)21(18,19)17-7-5-16(6-8-17)12-14-3-1-4-15-12/h1-4,9H,5-8H2. The Labute approximate surface area is 135 Å². The molecule has 0 saturated carbocycles. The minimum Gasteiger partial charge on any atom is -0.338 e. The Balaban J connectivity index is 1.73. The smallest absolute Gasteiger partial charge is 0.253 e. The van der Waals surface area contributed by atoms with Crippen molar-refractivity contribution in [1.82, 2.24) is 14.3 Å². The quantitative estimate of drug-likeness (QED) is 0.801. The SMILES string of the molecule is O=S(=O)(c1sccc1Br)N1CCN(c2ncccn2)CC1. The second kappa shape index (κ2) is 5.99. The van der Waals surface area contributed by atoms with Crippen molar-refractivity contribution in [3.05, 3.63) is 34.4 Å². The lowest BCUT2D eigenvalue weighted by atomic mass is 10.4. The Morgan fingerprint density at radius 3 is 2.38 bits per heavy atom. The number of sulfonamides is 1. The van der Waals surface area contributed by atoms with Gasteiger partial charge in [-0.15, -0.1) is 11.3 Å². The highest BCUT2D eigenvalue weighted by molar-refractivity contribution is 9.10. The molecule has 6 nitrogen and oxygen atoms in total. The van der Waals surface area contributed by atoms with Crippen LogP contribution in [0.5, 0.6) is 0 Å². The van der Waals surface area contributed by atoms with Crippen LogP contribution < -0.4 is 4.90 Å². The number of hydrogen-bond acceptors (Lipinski definition) is 6. The average Bonchev–Trinajstić information content (AvgIpc) is 2.95. The minimum absolute atomic E-state index is 0.368. The summed E-state index contributed by atoms with van der Waals surface area (Å²) in [5, 5.41) is 1.77. The number of thiophene rings is 1. The van der Waals surface area contributed by atoms with Gasteiger partial charge in [-0.25, -0.2) is 18.4 Å². The molecule has 3 rings (SSSR count). The molecule has 21 heavy (non-hydrogen) atoms. The first kappa shape index (κ1) is 14.9. The van der Waals surface area contributed by atoms with E-state index in [0.29, 0.717) is 40.8 Å². The van der Waals surface area contributed by atoms with Crippen molar-refractivity contribution in [3.63, 3.8) is 0 Å². The summed E-state index contributed by atoms with van der Waals surface area (Å²) in [5.74, 6) is 0.645. The van der Waals surface area contributed by atoms with E-state index in [-0.39, 0.29) is 0 Å². The van der Waals surface area contributed by atoms with Crippen molar-refractivity contribution in [3.8, 4) is 0 Å². The van der Waals surface area contributed by atoms with Gasteiger partial charge >= 0.3 is 0 Å². The molecule has 1 aliphatic heterocycles. The molecule has 0 radical (unpaired) electrons. The van der Waals surface area contributed by atoms with Crippen molar-refractivity contribution in [1.29, 1.82) is 0 Å². The van der Waals surface area contributed by atoms with Gasteiger partial charge in [-0.2, -0.15) is 4.31 Å². The van der Waals surface area contributed by atoms with Crippen LogP contribution in [0.4, 0.5) is 5.95 Å². The van der Waals surface area contributed by atoms with Crippen LogP contribution in [0.2, 0.25) is 0 Å². The summed E-state index contributed by atoms with van der Waals surface area (Å²) in [7, 11) is -3.42. The lowest BCUT2D eigenvalue weighted by Gasteiger charge is -2.33. The summed E-state index contributed by atoms with van der Waals surface area (Å²) in [6.07, 6.45) is 3.38. The largest absolute Gasteiger partial charge is 0.338 e. The maximum absolute atomic E-state index is 12.6. The summed E-state index contributed by atoms with van der Waals surface area (Å²) in [4.78, 5) is 10.4. The number of anilines is 1. The number of rotatable bonds is 3. The zero-order valence-corrected chi connectivity index (χ0v) is 14.2. The Morgan fingerprint density at radius 1 is 1.14 bits per heavy atom. The Morgan fingerprint density at radius 2 is 1.81 bits per heavy atom. The zero-order valence-electron chi connectivity index (χ0n) is 11.0. The second-order valence-corrected chi connectivity index (χ2v) is 8.40. The summed E-state index contributed by atoms with van der Waals surface area (Å²) in [6, 6.07) is 3.52. The molecule has 2 aromatic rings. The molecule has 1 aliphatic rings. The maximum Gasteiger partial charge on any atom is 0.253 e. The highest BCUT2D eigenvalue weighted by Crippen LogP contribution is 2.30. The van der Waals surface area contributed by atoms with Gasteiger partial charge in [-0.3, -0.25) is 0 Å². The van der Waals surface area contributed by atoms with E-state index in [0.717, 1.165) is 0 Å². The average molecular weight is 389 g/mol. The molecule has 0 aromatic carbocycles. The van der Waals surface area contributed by atoms with Gasteiger partial charge in [0.25, 0.3) is 10.0 Å². The van der Waals surface area contributed by atoms with Gasteiger partial charge in [0, 0.05) is 43.0 Å². The van der Waals surface area contributed by atoms with Crippen LogP contribution in [0, 0.1) is 0 Å². The fraction of sp³-hybridized carbons (Fsp3) is 0.333. The molecule has 0 aliphatic carbocycles. The Kier molecular flexibility index (Phi) is 4.25. The van der Waals surface area contributed by atoms with Gasteiger partial charge in [-0.1, -0.05) is 0 Å². The first-order valence-corrected chi connectivity index (χ1v) is 9.45. The number of nitrogens with zero attached hydrogens (tertiary/aromatic N) is 4. The lowest BCUT2D eigenvalue weighted by Crippen LogP contribution is -2.49. The van der Waals surface area contributed by atoms with E-state index in [9.17, 15) is 8.42 Å². The first-order valence-electron chi connectivity index (χ1n) is 6.34. The molecule has 112 valence electrons. The van der Waals surface area contributed by atoms with Crippen LogP contribution in [0.1, 0.15) is 0 Å². The minimum atomic E-state index is -3.42. The van der Waals surface area contributed by atoms with E-state index in [1.54, 1.807) is 29.9 Å². The normalized spacial score (nSPS) is 17.1. The summed E-state index contributed by atoms with van der Waals surface area (Å²) >= 11 is 4.52. The second-order valence-electron chi connectivity index (χ2n) is 4.50. The highest BCUT2D eigenvalue weighted by Gasteiger charge is 2.31. The van der Waals surface area contributed by atoms with Crippen LogP contribution in [0.3, 0.4) is 0 Å². The van der Waals surface area contributed by atoms with Gasteiger partial charge in [0.05, 0.1) is 0 Å². The first-order chi connectivity index (χ1) is 10.1. The van der Waals surface area contributed by atoms with Gasteiger partial charge in [0.2, 0.25) is 5.95 Å². The fourth-order valence-corrected chi connectivity index (χ4v) is 6.04. The maximum atomic E-state index is 12.6. The van der Waals surface area contributed by atoms with Gasteiger partial charge < -0.3 is 4.90 Å². The van der Waals surface area contributed by atoms with E-state index < -0.39 is 10.0 Å². The molecule has 1 fully saturated rings. The van der Waals surface area contributed by atoms with Crippen LogP contribution in [-0.2, 0) is 10.0 Å². The molecular weight excluding hydrogens is 376 g/mol. The number of aromatic nitrogens is 2. The van der Waals surface area contributed by atoms with Crippen molar-refractivity contribution >= 4 is 43.2 Å². The molecule has 0 amide bonds. The molecule has 0 atom stereocenters. The molecule has 0 spiro atoms. The topological polar surface area (TPSA) is 66.4 Å². The molecular formula is C12H13BrN4O2S2. The van der Waals surface area contributed by atoms with Gasteiger partial charge in [-0.05, 0) is 33.4 Å². The fourth-order valence-electron chi connectivity index (χ4n) is 2.16. The van der Waals surface area contributed by atoms with Crippen LogP contribution in [-0.4, -0.2) is 48.9 Å². The molecule has 9 heteroatoms. The van der Waals surface area contributed by atoms with E-state index >= 15 is 0 Å². The van der Waals surface area contributed by atoms with Crippen LogP contribution >= 0.6 is 27.3 Å². The number of piperazine rings is 1. The molecule has 1 saturated heterocycles. The Bertz CT molecular complexity index is 712. The number of hydrogen-bond donors (Lipinski definition) is 0. The molecule has 3 heterocycles. The molecule has 2 aromatic heterocycles. The zero-order chi connectivity index (χ0) is 14.9. The van der Waals surface area contributed by atoms with E-state index in [1.165, 1.54) is 15.6 Å². The summed E-state index contributed by atoms with van der Waals surface area (Å²) in [6.45, 7) is 2.05. The van der Waals surface area contributed by atoms with Gasteiger partial charge in [0.1, 0.15) is 4.21 Å². The molecule has 0 bridgehead atoms. The highest BCUT2D eigenvalue weighted by atomic mass is 79.9.